The van der Waals surface area contributed by atoms with Crippen molar-refractivity contribution >= 4 is 0 Å². The lowest BCUT2D eigenvalue weighted by atomic mass is 9.99. The smallest absolute Gasteiger partial charge is 0.118 e. The minimum absolute atomic E-state index is 0.140. The van der Waals surface area contributed by atoms with Crippen LogP contribution in [0.5, 0.6) is 11.5 Å². The van der Waals surface area contributed by atoms with Crippen molar-refractivity contribution in [2.45, 2.75) is 38.4 Å². The van der Waals surface area contributed by atoms with E-state index in [-0.39, 0.29) is 5.92 Å². The molecule has 0 saturated heterocycles. The zero-order valence-electron chi connectivity index (χ0n) is 16.2. The molecule has 1 saturated carbocycles. The van der Waals surface area contributed by atoms with E-state index in [1.165, 1.54) is 11.1 Å². The molecule has 1 fully saturated rings. The molecule has 0 heterocycles. The summed E-state index contributed by atoms with van der Waals surface area (Å²) in [4.78, 5) is 2.46. The fourth-order valence-electron chi connectivity index (χ4n) is 3.99. The van der Waals surface area contributed by atoms with Crippen LogP contribution in [0, 0.1) is 5.92 Å². The third-order valence-corrected chi connectivity index (χ3v) is 5.47. The lowest BCUT2D eigenvalue weighted by molar-refractivity contribution is 0.135. The number of benzene rings is 2. The summed E-state index contributed by atoms with van der Waals surface area (Å²) in [6, 6.07) is 16.7. The Morgan fingerprint density at radius 1 is 0.926 bits per heavy atom. The molecule has 0 unspecified atom stereocenters. The number of aliphatic hydroxyl groups excluding tert-OH is 1. The van der Waals surface area contributed by atoms with E-state index in [2.05, 4.69) is 35.7 Å². The van der Waals surface area contributed by atoms with E-state index in [1.807, 2.05) is 24.3 Å². The summed E-state index contributed by atoms with van der Waals surface area (Å²) in [5.74, 6) is 2.18. The molecule has 1 N–H and O–H groups in total. The summed E-state index contributed by atoms with van der Waals surface area (Å²) >= 11 is 0. The lowest BCUT2D eigenvalue weighted by Crippen LogP contribution is -2.37. The minimum atomic E-state index is 0.140. The van der Waals surface area contributed by atoms with Gasteiger partial charge in [-0.3, -0.25) is 4.90 Å². The molecular weight excluding hydrogens is 338 g/mol. The quantitative estimate of drug-likeness (QED) is 0.671. The van der Waals surface area contributed by atoms with E-state index in [1.54, 1.807) is 14.2 Å². The number of ether oxygens (including phenoxy) is 2. The van der Waals surface area contributed by atoms with Crippen molar-refractivity contribution in [3.05, 3.63) is 72.0 Å². The van der Waals surface area contributed by atoms with E-state index >= 15 is 0 Å². The molecule has 0 bridgehead atoms. The Bertz CT molecular complexity index is 690. The van der Waals surface area contributed by atoms with Crippen molar-refractivity contribution in [3.8, 4) is 11.5 Å². The van der Waals surface area contributed by atoms with Gasteiger partial charge >= 0.3 is 0 Å². The van der Waals surface area contributed by atoms with Gasteiger partial charge in [-0.1, -0.05) is 37.3 Å². The van der Waals surface area contributed by atoms with Gasteiger partial charge in [0.2, 0.25) is 0 Å². The first-order valence-electron chi connectivity index (χ1n) is 9.48. The van der Waals surface area contributed by atoms with Gasteiger partial charge in [-0.05, 0) is 48.2 Å². The Labute approximate surface area is 162 Å². The van der Waals surface area contributed by atoms with Gasteiger partial charge in [0.25, 0.3) is 0 Å². The summed E-state index contributed by atoms with van der Waals surface area (Å²) in [5.41, 5.74) is 2.47. The fraction of sp³-hybridized carbons (Fsp3) is 0.391. The minimum Gasteiger partial charge on any atom is -0.513 e. The van der Waals surface area contributed by atoms with Gasteiger partial charge in [0, 0.05) is 25.0 Å². The second-order valence-electron chi connectivity index (χ2n) is 7.20. The number of methoxy groups -OCH3 is 2. The van der Waals surface area contributed by atoms with Crippen LogP contribution in [0.2, 0.25) is 0 Å². The number of hydrogen-bond acceptors (Lipinski definition) is 4. The average Bonchev–Trinajstić information content (AvgIpc) is 3.19. The molecule has 0 amide bonds. The van der Waals surface area contributed by atoms with Crippen LogP contribution in [-0.4, -0.2) is 30.3 Å². The van der Waals surface area contributed by atoms with E-state index in [9.17, 15) is 5.11 Å². The molecule has 0 radical (unpaired) electrons. The number of hydrogen-bond donors (Lipinski definition) is 1. The summed E-state index contributed by atoms with van der Waals surface area (Å²) in [6.45, 7) is 5.47. The molecule has 27 heavy (non-hydrogen) atoms. The summed E-state index contributed by atoms with van der Waals surface area (Å²) < 4.78 is 10.5. The highest BCUT2D eigenvalue weighted by Crippen LogP contribution is 2.35. The number of aliphatic hydroxyl groups is 1. The normalized spacial score (nSPS) is 19.2. The van der Waals surface area contributed by atoms with Crippen molar-refractivity contribution in [1.29, 1.82) is 0 Å². The predicted molar refractivity (Wildman–Crippen MR) is 108 cm³/mol. The molecule has 0 aromatic heterocycles. The van der Waals surface area contributed by atoms with Gasteiger partial charge in [-0.2, -0.15) is 0 Å². The van der Waals surface area contributed by atoms with Crippen molar-refractivity contribution in [2.75, 3.05) is 14.2 Å². The van der Waals surface area contributed by atoms with Crippen molar-refractivity contribution in [1.82, 2.24) is 4.90 Å². The van der Waals surface area contributed by atoms with Gasteiger partial charge in [-0.25, -0.2) is 0 Å². The van der Waals surface area contributed by atoms with Crippen LogP contribution in [0.1, 0.15) is 30.4 Å². The maximum absolute atomic E-state index is 10.1. The Morgan fingerprint density at radius 2 is 1.41 bits per heavy atom. The van der Waals surface area contributed by atoms with Crippen LogP contribution >= 0.6 is 0 Å². The van der Waals surface area contributed by atoms with E-state index in [4.69, 9.17) is 9.47 Å². The SMILES string of the molecule is C=C(O)[C@H]1CCC[C@@H]1N(Cc1ccc(OC)cc1)Cc1ccc(OC)cc1. The number of rotatable bonds is 8. The topological polar surface area (TPSA) is 41.9 Å². The first-order chi connectivity index (χ1) is 13.1. The molecule has 2 atom stereocenters. The molecule has 0 aliphatic heterocycles. The van der Waals surface area contributed by atoms with Crippen molar-refractivity contribution in [2.24, 2.45) is 5.92 Å². The van der Waals surface area contributed by atoms with E-state index in [0.717, 1.165) is 43.9 Å². The van der Waals surface area contributed by atoms with Crippen LogP contribution in [0.3, 0.4) is 0 Å². The van der Waals surface area contributed by atoms with Gasteiger partial charge in [0.05, 0.1) is 20.0 Å². The molecule has 4 nitrogen and oxygen atoms in total. The predicted octanol–water partition coefficient (Wildman–Crippen LogP) is 4.95. The fourth-order valence-corrected chi connectivity index (χ4v) is 3.99. The van der Waals surface area contributed by atoms with Gasteiger partial charge in [0.15, 0.2) is 0 Å². The first-order valence-corrected chi connectivity index (χ1v) is 9.48. The zero-order valence-corrected chi connectivity index (χ0v) is 16.2. The third kappa shape index (κ3) is 4.83. The highest BCUT2D eigenvalue weighted by atomic mass is 16.5. The maximum Gasteiger partial charge on any atom is 0.118 e. The third-order valence-electron chi connectivity index (χ3n) is 5.47. The molecule has 4 heteroatoms. The monoisotopic (exact) mass is 367 g/mol. The second-order valence-corrected chi connectivity index (χ2v) is 7.20. The van der Waals surface area contributed by atoms with Crippen molar-refractivity contribution < 1.29 is 14.6 Å². The first kappa shape index (κ1) is 19.3. The van der Waals surface area contributed by atoms with Crippen LogP contribution in [0.15, 0.2) is 60.9 Å². The number of nitrogens with zero attached hydrogens (tertiary/aromatic N) is 1. The van der Waals surface area contributed by atoms with Crippen LogP contribution in [0.25, 0.3) is 0 Å². The van der Waals surface area contributed by atoms with Gasteiger partial charge in [0.1, 0.15) is 11.5 Å². The van der Waals surface area contributed by atoms with Crippen LogP contribution in [-0.2, 0) is 13.1 Å². The Kier molecular flexibility index (Phi) is 6.40. The maximum atomic E-state index is 10.1. The van der Waals surface area contributed by atoms with Crippen LogP contribution in [0.4, 0.5) is 0 Å². The highest BCUT2D eigenvalue weighted by molar-refractivity contribution is 5.29. The molecule has 2 aromatic rings. The molecule has 2 aromatic carbocycles. The highest BCUT2D eigenvalue weighted by Gasteiger charge is 2.34. The summed E-state index contributed by atoms with van der Waals surface area (Å²) in [5, 5.41) is 10.1. The molecule has 1 aliphatic carbocycles. The largest absolute Gasteiger partial charge is 0.513 e. The molecule has 1 aliphatic rings. The van der Waals surface area contributed by atoms with Gasteiger partial charge < -0.3 is 14.6 Å². The Balaban J connectivity index is 1.81. The molecule has 0 spiro atoms. The Morgan fingerprint density at radius 3 is 1.81 bits per heavy atom. The second kappa shape index (κ2) is 8.96. The van der Waals surface area contributed by atoms with Crippen molar-refractivity contribution in [3.63, 3.8) is 0 Å². The molecule has 144 valence electrons. The zero-order chi connectivity index (χ0) is 19.2. The molecular formula is C23H29NO3. The Hall–Kier alpha value is -2.46. The summed E-state index contributed by atoms with van der Waals surface area (Å²) in [7, 11) is 3.36. The standard InChI is InChI=1S/C23H29NO3/c1-17(25)22-5-4-6-23(22)24(15-18-7-11-20(26-2)12-8-18)16-19-9-13-21(27-3)14-10-19/h7-14,22-23,25H,1,4-6,15-16H2,2-3H3/t22-,23+/m1/s1. The summed E-state index contributed by atoms with van der Waals surface area (Å²) in [6.07, 6.45) is 3.20. The van der Waals surface area contributed by atoms with Crippen LogP contribution < -0.4 is 9.47 Å². The van der Waals surface area contributed by atoms with Gasteiger partial charge in [-0.15, -0.1) is 0 Å². The lowest BCUT2D eigenvalue weighted by Gasteiger charge is -2.33. The van der Waals surface area contributed by atoms with E-state index < -0.39 is 0 Å². The molecule has 3 rings (SSSR count). The average molecular weight is 367 g/mol. The van der Waals surface area contributed by atoms with E-state index in [0.29, 0.717) is 11.8 Å².